The molecule has 1 unspecified atom stereocenters. The van der Waals surface area contributed by atoms with Crippen LogP contribution in [-0.4, -0.2) is 35.4 Å². The fraction of sp³-hybridized carbons (Fsp3) is 0.462. The van der Waals surface area contributed by atoms with Crippen molar-refractivity contribution < 1.29 is 14.3 Å². The van der Waals surface area contributed by atoms with Crippen LogP contribution in [0.1, 0.15) is 55.7 Å². The molecule has 0 saturated heterocycles. The van der Waals surface area contributed by atoms with Gasteiger partial charge in [0.05, 0.1) is 0 Å². The molecule has 6 heteroatoms. The Morgan fingerprint density at radius 2 is 1.72 bits per heavy atom. The molecule has 0 aromatic heterocycles. The van der Waals surface area contributed by atoms with Crippen molar-refractivity contribution in [2.45, 2.75) is 71.5 Å². The Morgan fingerprint density at radius 1 is 1.09 bits per heavy atom. The van der Waals surface area contributed by atoms with E-state index >= 15 is 0 Å². The van der Waals surface area contributed by atoms with E-state index in [0.29, 0.717) is 23.7 Å². The van der Waals surface area contributed by atoms with Gasteiger partial charge in [-0.05, 0) is 74.1 Å². The minimum Gasteiger partial charge on any atom is -0.484 e. The van der Waals surface area contributed by atoms with E-state index < -0.39 is 6.04 Å². The molecule has 0 bridgehead atoms. The summed E-state index contributed by atoms with van der Waals surface area (Å²) in [5, 5.41) is 3.79. The topological polar surface area (TPSA) is 58.6 Å². The number of ether oxygens (including phenoxy) is 1. The van der Waals surface area contributed by atoms with Gasteiger partial charge in [-0.2, -0.15) is 0 Å². The lowest BCUT2D eigenvalue weighted by molar-refractivity contribution is -0.143. The Morgan fingerprint density at radius 3 is 2.31 bits per heavy atom. The van der Waals surface area contributed by atoms with Crippen molar-refractivity contribution in [2.24, 2.45) is 0 Å². The molecule has 1 N–H and O–H groups in total. The summed E-state index contributed by atoms with van der Waals surface area (Å²) >= 11 is 6.02. The van der Waals surface area contributed by atoms with E-state index in [2.05, 4.69) is 11.4 Å². The number of carbonyl (C=O) groups is 2. The molecule has 1 aliphatic carbocycles. The van der Waals surface area contributed by atoms with Crippen LogP contribution in [0.15, 0.2) is 42.5 Å². The summed E-state index contributed by atoms with van der Waals surface area (Å²) in [4.78, 5) is 28.0. The largest absolute Gasteiger partial charge is 0.484 e. The highest BCUT2D eigenvalue weighted by atomic mass is 35.5. The number of amides is 2. The van der Waals surface area contributed by atoms with E-state index in [1.165, 1.54) is 0 Å². The molecule has 3 rings (SSSR count). The van der Waals surface area contributed by atoms with Gasteiger partial charge in [0.2, 0.25) is 5.91 Å². The third kappa shape index (κ3) is 6.73. The fourth-order valence-corrected chi connectivity index (χ4v) is 4.44. The standard InChI is InChI=1S/C26H33ClN2O3/c1-4-24(26(31)28-22-7-5-6-8-22)29(16-20-9-11-21(27)12-10-20)25(30)17-32-23-14-18(2)13-19(3)15-23/h9-15,22,24H,4-8,16-17H2,1-3H3,(H,28,31). The van der Waals surface area contributed by atoms with Crippen molar-refractivity contribution in [3.63, 3.8) is 0 Å². The van der Waals surface area contributed by atoms with Crippen LogP contribution in [0.5, 0.6) is 5.75 Å². The molecule has 1 aliphatic rings. The lowest BCUT2D eigenvalue weighted by atomic mass is 10.1. The Labute approximate surface area is 196 Å². The molecule has 0 aliphatic heterocycles. The average molecular weight is 457 g/mol. The first-order valence-corrected chi connectivity index (χ1v) is 11.8. The lowest BCUT2D eigenvalue weighted by Gasteiger charge is -2.31. The van der Waals surface area contributed by atoms with Gasteiger partial charge < -0.3 is 15.0 Å². The van der Waals surface area contributed by atoms with E-state index in [0.717, 1.165) is 42.4 Å². The minimum atomic E-state index is -0.554. The first-order valence-electron chi connectivity index (χ1n) is 11.4. The summed E-state index contributed by atoms with van der Waals surface area (Å²) in [7, 11) is 0. The van der Waals surface area contributed by atoms with Crippen molar-refractivity contribution in [1.29, 1.82) is 0 Å². The van der Waals surface area contributed by atoms with Crippen molar-refractivity contribution in [1.82, 2.24) is 10.2 Å². The normalized spacial score (nSPS) is 14.8. The lowest BCUT2D eigenvalue weighted by Crippen LogP contribution is -2.52. The van der Waals surface area contributed by atoms with Crippen LogP contribution >= 0.6 is 11.6 Å². The maximum Gasteiger partial charge on any atom is 0.261 e. The van der Waals surface area contributed by atoms with Crippen molar-refractivity contribution in [3.8, 4) is 5.75 Å². The Hall–Kier alpha value is -2.53. The van der Waals surface area contributed by atoms with Crippen LogP contribution in [0.2, 0.25) is 5.02 Å². The molecule has 172 valence electrons. The fourth-order valence-electron chi connectivity index (χ4n) is 4.32. The highest BCUT2D eigenvalue weighted by Gasteiger charge is 2.30. The van der Waals surface area contributed by atoms with Crippen LogP contribution in [0.3, 0.4) is 0 Å². The zero-order valence-corrected chi connectivity index (χ0v) is 20.0. The van der Waals surface area contributed by atoms with Crippen LogP contribution in [0.25, 0.3) is 0 Å². The first kappa shape index (κ1) is 24.1. The maximum atomic E-state index is 13.3. The van der Waals surface area contributed by atoms with Crippen LogP contribution in [0.4, 0.5) is 0 Å². The first-order chi connectivity index (χ1) is 15.4. The van der Waals surface area contributed by atoms with Gasteiger partial charge in [-0.3, -0.25) is 9.59 Å². The molecular formula is C26H33ClN2O3. The predicted octanol–water partition coefficient (Wildman–Crippen LogP) is 5.20. The quantitative estimate of drug-likeness (QED) is 0.564. The van der Waals surface area contributed by atoms with Gasteiger partial charge in [0.15, 0.2) is 6.61 Å². The third-order valence-electron chi connectivity index (χ3n) is 5.91. The Bertz CT molecular complexity index is 903. The molecule has 1 atom stereocenters. The molecule has 2 amide bonds. The summed E-state index contributed by atoms with van der Waals surface area (Å²) in [6, 6.07) is 12.9. The Balaban J connectivity index is 1.76. The molecule has 1 saturated carbocycles. The second kappa shape index (κ2) is 11.4. The van der Waals surface area contributed by atoms with Crippen LogP contribution in [-0.2, 0) is 16.1 Å². The zero-order chi connectivity index (χ0) is 23.1. The number of hydrogen-bond acceptors (Lipinski definition) is 3. The average Bonchev–Trinajstić information content (AvgIpc) is 3.25. The molecule has 0 heterocycles. The van der Waals surface area contributed by atoms with E-state index in [-0.39, 0.29) is 24.5 Å². The monoisotopic (exact) mass is 456 g/mol. The van der Waals surface area contributed by atoms with E-state index in [1.807, 2.05) is 45.0 Å². The van der Waals surface area contributed by atoms with Crippen molar-refractivity contribution in [2.75, 3.05) is 6.61 Å². The molecule has 0 radical (unpaired) electrons. The molecule has 2 aromatic rings. The van der Waals surface area contributed by atoms with Gasteiger partial charge in [-0.15, -0.1) is 0 Å². The summed E-state index contributed by atoms with van der Waals surface area (Å²) in [6.45, 7) is 6.13. The number of benzene rings is 2. The van der Waals surface area contributed by atoms with Crippen LogP contribution < -0.4 is 10.1 Å². The summed E-state index contributed by atoms with van der Waals surface area (Å²) in [5.41, 5.74) is 3.07. The van der Waals surface area contributed by atoms with Crippen LogP contribution in [0, 0.1) is 13.8 Å². The highest BCUT2D eigenvalue weighted by molar-refractivity contribution is 6.30. The minimum absolute atomic E-state index is 0.0897. The van der Waals surface area contributed by atoms with Gasteiger partial charge >= 0.3 is 0 Å². The van der Waals surface area contributed by atoms with E-state index in [1.54, 1.807) is 17.0 Å². The van der Waals surface area contributed by atoms with E-state index in [4.69, 9.17) is 16.3 Å². The molecule has 2 aromatic carbocycles. The van der Waals surface area contributed by atoms with Gasteiger partial charge in [0, 0.05) is 17.6 Å². The second-order valence-corrected chi connectivity index (χ2v) is 9.11. The number of halogens is 1. The van der Waals surface area contributed by atoms with Gasteiger partial charge in [-0.1, -0.05) is 49.6 Å². The Kier molecular flexibility index (Phi) is 8.57. The molecule has 0 spiro atoms. The smallest absolute Gasteiger partial charge is 0.261 e. The summed E-state index contributed by atoms with van der Waals surface area (Å²) < 4.78 is 5.83. The molecule has 1 fully saturated rings. The summed E-state index contributed by atoms with van der Waals surface area (Å²) in [6.07, 6.45) is 4.81. The maximum absolute atomic E-state index is 13.3. The molecular weight excluding hydrogens is 424 g/mol. The number of nitrogens with zero attached hydrogens (tertiary/aromatic N) is 1. The van der Waals surface area contributed by atoms with Gasteiger partial charge in [0.25, 0.3) is 5.91 Å². The van der Waals surface area contributed by atoms with Crippen molar-refractivity contribution in [3.05, 3.63) is 64.2 Å². The summed E-state index contributed by atoms with van der Waals surface area (Å²) in [5.74, 6) is 0.353. The van der Waals surface area contributed by atoms with Gasteiger partial charge in [0.1, 0.15) is 11.8 Å². The predicted molar refractivity (Wildman–Crippen MR) is 128 cm³/mol. The number of aryl methyl sites for hydroxylation is 2. The molecule has 32 heavy (non-hydrogen) atoms. The highest BCUT2D eigenvalue weighted by Crippen LogP contribution is 2.21. The number of carbonyl (C=O) groups excluding carboxylic acids is 2. The van der Waals surface area contributed by atoms with Crippen molar-refractivity contribution >= 4 is 23.4 Å². The van der Waals surface area contributed by atoms with Gasteiger partial charge in [-0.25, -0.2) is 0 Å². The number of hydrogen-bond donors (Lipinski definition) is 1. The molecule has 5 nitrogen and oxygen atoms in total. The van der Waals surface area contributed by atoms with E-state index in [9.17, 15) is 9.59 Å². The SMILES string of the molecule is CCC(C(=O)NC1CCCC1)N(Cc1ccc(Cl)cc1)C(=O)COc1cc(C)cc(C)c1. The number of nitrogens with one attached hydrogen (secondary N) is 1. The number of rotatable bonds is 9. The second-order valence-electron chi connectivity index (χ2n) is 8.67. The zero-order valence-electron chi connectivity index (χ0n) is 19.2. The third-order valence-corrected chi connectivity index (χ3v) is 6.16.